The van der Waals surface area contributed by atoms with Crippen molar-refractivity contribution in [1.82, 2.24) is 4.90 Å². The average Bonchev–Trinajstić information content (AvgIpc) is 3.26. The van der Waals surface area contributed by atoms with E-state index in [4.69, 9.17) is 13.9 Å². The molecule has 7 heteroatoms. The van der Waals surface area contributed by atoms with Gasteiger partial charge in [0.05, 0.1) is 26.4 Å². The Bertz CT molecular complexity index is 1200. The van der Waals surface area contributed by atoms with Crippen LogP contribution in [0.5, 0.6) is 5.75 Å². The molecule has 1 aliphatic rings. The first-order valence-corrected chi connectivity index (χ1v) is 10.8. The van der Waals surface area contributed by atoms with Crippen LogP contribution in [0.25, 0.3) is 27.7 Å². The number of esters is 1. The fourth-order valence-corrected chi connectivity index (χ4v) is 4.24. The molecule has 0 aliphatic carbocycles. The number of methoxy groups -OCH3 is 2. The molecule has 0 N–H and O–H groups in total. The third kappa shape index (κ3) is 4.62. The zero-order chi connectivity index (χ0) is 23.5. The quantitative estimate of drug-likeness (QED) is 0.401. The average molecular weight is 451 g/mol. The monoisotopic (exact) mass is 451 g/mol. The molecule has 0 radical (unpaired) electrons. The summed E-state index contributed by atoms with van der Waals surface area (Å²) in [5.41, 5.74) is 3.82. The summed E-state index contributed by atoms with van der Waals surface area (Å²) in [6.45, 7) is 2.88. The minimum Gasteiger partial charge on any atom is -0.496 e. The maximum absolute atomic E-state index is 13.4. The number of piperidine rings is 1. The molecule has 1 saturated heterocycles. The summed E-state index contributed by atoms with van der Waals surface area (Å²) >= 11 is 0. The Balaban J connectivity index is 1.61. The second-order valence-electron chi connectivity index (χ2n) is 8.15. The van der Waals surface area contributed by atoms with Crippen LogP contribution in [0.3, 0.4) is 0 Å². The highest BCUT2D eigenvalue weighted by molar-refractivity contribution is 6.00. The van der Waals surface area contributed by atoms with Gasteiger partial charge in [-0.25, -0.2) is 4.39 Å². The summed E-state index contributed by atoms with van der Waals surface area (Å²) in [5, 5.41) is 0.844. The maximum Gasteiger partial charge on any atom is 0.308 e. The first kappa shape index (κ1) is 22.6. The number of ether oxygens (including phenoxy) is 2. The van der Waals surface area contributed by atoms with Crippen molar-refractivity contribution in [3.8, 4) is 16.9 Å². The van der Waals surface area contributed by atoms with E-state index in [1.807, 2.05) is 13.0 Å². The Morgan fingerprint density at radius 2 is 1.82 bits per heavy atom. The summed E-state index contributed by atoms with van der Waals surface area (Å²) in [6, 6.07) is 9.94. The topological polar surface area (TPSA) is 69.0 Å². The highest BCUT2D eigenvalue weighted by Gasteiger charge is 2.27. The van der Waals surface area contributed by atoms with Gasteiger partial charge in [-0.05, 0) is 49.1 Å². The minimum absolute atomic E-state index is 0.107. The van der Waals surface area contributed by atoms with Gasteiger partial charge in [0, 0.05) is 41.7 Å². The molecule has 1 amide bonds. The van der Waals surface area contributed by atoms with Gasteiger partial charge in [-0.3, -0.25) is 9.59 Å². The van der Waals surface area contributed by atoms with E-state index < -0.39 is 0 Å². The van der Waals surface area contributed by atoms with Crippen molar-refractivity contribution in [3.63, 3.8) is 0 Å². The van der Waals surface area contributed by atoms with Gasteiger partial charge in [0.15, 0.2) is 0 Å². The van der Waals surface area contributed by atoms with Crippen molar-refractivity contribution in [1.29, 1.82) is 0 Å². The van der Waals surface area contributed by atoms with E-state index in [0.717, 1.165) is 27.6 Å². The second-order valence-corrected chi connectivity index (χ2v) is 8.15. The summed E-state index contributed by atoms with van der Waals surface area (Å²) < 4.78 is 29.5. The van der Waals surface area contributed by atoms with Gasteiger partial charge >= 0.3 is 5.97 Å². The van der Waals surface area contributed by atoms with E-state index in [1.54, 1.807) is 42.5 Å². The molecule has 0 unspecified atom stereocenters. The molecule has 2 aromatic carbocycles. The molecule has 2 heterocycles. The van der Waals surface area contributed by atoms with Crippen molar-refractivity contribution in [2.24, 2.45) is 5.92 Å². The van der Waals surface area contributed by atoms with Crippen molar-refractivity contribution in [2.75, 3.05) is 27.3 Å². The fourth-order valence-electron chi connectivity index (χ4n) is 4.24. The lowest BCUT2D eigenvalue weighted by atomic mass is 9.96. The van der Waals surface area contributed by atoms with Crippen LogP contribution in [0.2, 0.25) is 0 Å². The van der Waals surface area contributed by atoms with Gasteiger partial charge in [0.1, 0.15) is 17.1 Å². The summed E-state index contributed by atoms with van der Waals surface area (Å²) in [5.74, 6) is -0.194. The first-order chi connectivity index (χ1) is 15.9. The van der Waals surface area contributed by atoms with Gasteiger partial charge in [0.25, 0.3) is 0 Å². The Kier molecular flexibility index (Phi) is 6.49. The van der Waals surface area contributed by atoms with Crippen molar-refractivity contribution < 1.29 is 27.9 Å². The van der Waals surface area contributed by atoms with Gasteiger partial charge in [-0.15, -0.1) is 0 Å². The van der Waals surface area contributed by atoms with Crippen molar-refractivity contribution >= 4 is 28.4 Å². The summed E-state index contributed by atoms with van der Waals surface area (Å²) in [4.78, 5) is 26.4. The molecule has 0 saturated carbocycles. The minimum atomic E-state index is -0.304. The number of rotatable bonds is 5. The molecule has 1 aromatic heterocycles. The molecule has 0 bridgehead atoms. The molecule has 3 aromatic rings. The lowest BCUT2D eigenvalue weighted by molar-refractivity contribution is -0.148. The molecule has 1 aliphatic heterocycles. The van der Waals surface area contributed by atoms with Crippen LogP contribution < -0.4 is 4.74 Å². The zero-order valence-electron chi connectivity index (χ0n) is 18.9. The Morgan fingerprint density at radius 1 is 1.12 bits per heavy atom. The predicted octanol–water partition coefficient (Wildman–Crippen LogP) is 5.06. The number of hydrogen-bond donors (Lipinski definition) is 0. The Morgan fingerprint density at radius 3 is 2.45 bits per heavy atom. The zero-order valence-corrected chi connectivity index (χ0v) is 18.9. The van der Waals surface area contributed by atoms with Crippen molar-refractivity contribution in [2.45, 2.75) is 19.8 Å². The van der Waals surface area contributed by atoms with E-state index in [2.05, 4.69) is 0 Å². The van der Waals surface area contributed by atoms with Gasteiger partial charge in [-0.1, -0.05) is 12.1 Å². The van der Waals surface area contributed by atoms with Gasteiger partial charge < -0.3 is 18.8 Å². The van der Waals surface area contributed by atoms with Crippen LogP contribution in [0.1, 0.15) is 25.3 Å². The van der Waals surface area contributed by atoms with E-state index in [-0.39, 0.29) is 23.6 Å². The van der Waals surface area contributed by atoms with Crippen molar-refractivity contribution in [3.05, 3.63) is 60.1 Å². The number of furan rings is 1. The van der Waals surface area contributed by atoms with Crippen LogP contribution in [-0.2, 0) is 14.3 Å². The molecule has 172 valence electrons. The summed E-state index contributed by atoms with van der Waals surface area (Å²) in [7, 11) is 2.96. The fraction of sp³-hybridized carbons (Fsp3) is 0.308. The highest BCUT2D eigenvalue weighted by Crippen LogP contribution is 2.37. The number of nitrogens with zero attached hydrogens (tertiary/aromatic N) is 1. The van der Waals surface area contributed by atoms with Crippen LogP contribution in [0.15, 0.2) is 53.2 Å². The number of allylic oxidation sites excluding steroid dienone is 1. The molecule has 0 atom stereocenters. The third-order valence-corrected chi connectivity index (χ3v) is 6.16. The highest BCUT2D eigenvalue weighted by atomic mass is 19.1. The van der Waals surface area contributed by atoms with E-state index in [1.165, 1.54) is 19.2 Å². The number of fused-ring (bicyclic) bond motifs is 1. The number of halogens is 1. The molecular formula is C26H26FNO5. The van der Waals surface area contributed by atoms with E-state index in [9.17, 15) is 14.0 Å². The van der Waals surface area contributed by atoms with E-state index in [0.29, 0.717) is 37.3 Å². The smallest absolute Gasteiger partial charge is 0.308 e. The third-order valence-electron chi connectivity index (χ3n) is 6.16. The molecule has 1 fully saturated rings. The molecule has 33 heavy (non-hydrogen) atoms. The molecule has 0 spiro atoms. The van der Waals surface area contributed by atoms with Gasteiger partial charge in [0.2, 0.25) is 5.91 Å². The van der Waals surface area contributed by atoms with Crippen LogP contribution in [0, 0.1) is 11.7 Å². The largest absolute Gasteiger partial charge is 0.496 e. The normalized spacial score (nSPS) is 15.0. The number of amides is 1. The number of hydrogen-bond acceptors (Lipinski definition) is 5. The van der Waals surface area contributed by atoms with E-state index >= 15 is 0 Å². The lowest BCUT2D eigenvalue weighted by Gasteiger charge is -2.30. The SMILES string of the molecule is COC(=O)C1CCN(C(=O)/C=C(\C)c2cc3c(-c4ccc(F)cc4)coc3cc2OC)CC1. The lowest BCUT2D eigenvalue weighted by Crippen LogP contribution is -2.39. The van der Waals surface area contributed by atoms with Crippen LogP contribution in [0.4, 0.5) is 4.39 Å². The van der Waals surface area contributed by atoms with Crippen LogP contribution >= 0.6 is 0 Å². The first-order valence-electron chi connectivity index (χ1n) is 10.8. The predicted molar refractivity (Wildman–Crippen MR) is 123 cm³/mol. The molecular weight excluding hydrogens is 425 g/mol. The van der Waals surface area contributed by atoms with Crippen LogP contribution in [-0.4, -0.2) is 44.1 Å². The maximum atomic E-state index is 13.4. The summed E-state index contributed by atoms with van der Waals surface area (Å²) in [6.07, 6.45) is 4.42. The standard InChI is InChI=1S/C26H26FNO5/c1-16(12-25(29)28-10-8-18(9-11-28)26(30)32-3)20-13-21-22(17-4-6-19(27)7-5-17)15-33-24(21)14-23(20)31-2/h4-7,12-15,18H,8-11H2,1-3H3/b16-12+. The number of carbonyl (C=O) groups is 2. The number of benzene rings is 2. The second kappa shape index (κ2) is 9.48. The number of likely N-dealkylation sites (tertiary alicyclic amines) is 1. The molecule has 6 nitrogen and oxygen atoms in total. The Labute approximate surface area is 191 Å². The molecule has 4 rings (SSSR count). The number of carbonyl (C=O) groups excluding carboxylic acids is 2. The van der Waals surface area contributed by atoms with Gasteiger partial charge in [-0.2, -0.15) is 0 Å². The Hall–Kier alpha value is -3.61.